The number of nitrogens with one attached hydrogen (secondary N) is 1. The number of carbonyl (C=O) groups excluding carboxylic acids is 2. The van der Waals surface area contributed by atoms with Gasteiger partial charge >= 0.3 is 27.7 Å². The lowest BCUT2D eigenvalue weighted by Gasteiger charge is -2.17. The summed E-state index contributed by atoms with van der Waals surface area (Å²) in [5.41, 5.74) is -4.45. The monoisotopic (exact) mass is 461 g/mol. The first kappa shape index (κ1) is 24.0. The molecule has 2 aromatic carbocycles. The Bertz CT molecular complexity index is 993. The van der Waals surface area contributed by atoms with Crippen LogP contribution in [-0.4, -0.2) is 39.1 Å². The summed E-state index contributed by atoms with van der Waals surface area (Å²) in [7, 11) is -4.68. The third kappa shape index (κ3) is 7.17. The molecule has 0 radical (unpaired) electrons. The molecular formula is C19H18F3NO7S. The van der Waals surface area contributed by atoms with Gasteiger partial charge in [0.05, 0.1) is 7.11 Å². The highest BCUT2D eigenvalue weighted by molar-refractivity contribution is 7.88. The first-order valence-corrected chi connectivity index (χ1v) is 10.1. The Balaban J connectivity index is 2.00. The van der Waals surface area contributed by atoms with E-state index in [4.69, 9.17) is 4.74 Å². The van der Waals surface area contributed by atoms with Gasteiger partial charge in [0.2, 0.25) is 0 Å². The van der Waals surface area contributed by atoms with E-state index in [0.29, 0.717) is 5.56 Å². The van der Waals surface area contributed by atoms with E-state index in [2.05, 4.69) is 14.2 Å². The molecule has 1 unspecified atom stereocenters. The van der Waals surface area contributed by atoms with Crippen LogP contribution < -0.4 is 9.50 Å². The number of alkyl carbamates (subject to hydrolysis) is 1. The van der Waals surface area contributed by atoms with Crippen molar-refractivity contribution in [2.45, 2.75) is 24.6 Å². The Morgan fingerprint density at radius 2 is 1.61 bits per heavy atom. The Morgan fingerprint density at radius 1 is 1.00 bits per heavy atom. The molecule has 0 fully saturated rings. The highest BCUT2D eigenvalue weighted by Crippen LogP contribution is 2.27. The molecule has 31 heavy (non-hydrogen) atoms. The van der Waals surface area contributed by atoms with Gasteiger partial charge < -0.3 is 19.0 Å². The Morgan fingerprint density at radius 3 is 2.16 bits per heavy atom. The van der Waals surface area contributed by atoms with E-state index in [1.54, 1.807) is 30.3 Å². The van der Waals surface area contributed by atoms with Crippen molar-refractivity contribution in [1.82, 2.24) is 5.32 Å². The van der Waals surface area contributed by atoms with Gasteiger partial charge in [-0.2, -0.15) is 21.6 Å². The lowest BCUT2D eigenvalue weighted by Crippen LogP contribution is -2.43. The van der Waals surface area contributed by atoms with Crippen molar-refractivity contribution in [2.24, 2.45) is 0 Å². The quantitative estimate of drug-likeness (QED) is 0.366. The second-order valence-electron chi connectivity index (χ2n) is 6.11. The van der Waals surface area contributed by atoms with Gasteiger partial charge in [-0.3, -0.25) is 0 Å². The lowest BCUT2D eigenvalue weighted by atomic mass is 10.1. The van der Waals surface area contributed by atoms with E-state index in [9.17, 15) is 31.2 Å². The largest absolute Gasteiger partial charge is 0.534 e. The Kier molecular flexibility index (Phi) is 7.86. The molecule has 0 saturated carbocycles. The minimum Gasteiger partial charge on any atom is -0.467 e. The molecule has 0 spiro atoms. The van der Waals surface area contributed by atoms with Crippen LogP contribution in [0.25, 0.3) is 0 Å². The number of rotatable bonds is 8. The van der Waals surface area contributed by atoms with Crippen LogP contribution in [0.1, 0.15) is 11.1 Å². The third-order valence-corrected chi connectivity index (χ3v) is 4.82. The topological polar surface area (TPSA) is 108 Å². The molecule has 2 aromatic rings. The van der Waals surface area contributed by atoms with E-state index in [-0.39, 0.29) is 13.0 Å². The van der Waals surface area contributed by atoms with E-state index in [0.717, 1.165) is 24.8 Å². The summed E-state index contributed by atoms with van der Waals surface area (Å²) >= 11 is 0. The maximum atomic E-state index is 12.4. The molecule has 168 valence electrons. The summed E-state index contributed by atoms with van der Waals surface area (Å²) in [6.07, 6.45) is -0.977. The van der Waals surface area contributed by atoms with E-state index in [1.807, 2.05) is 0 Å². The number of esters is 1. The van der Waals surface area contributed by atoms with Crippen LogP contribution in [0.4, 0.5) is 18.0 Å². The summed E-state index contributed by atoms with van der Waals surface area (Å²) in [6.45, 7) is -0.0275. The summed E-state index contributed by atoms with van der Waals surface area (Å²) in [5, 5.41) is 2.35. The number of benzene rings is 2. The predicted molar refractivity (Wildman–Crippen MR) is 101 cm³/mol. The van der Waals surface area contributed by atoms with Crippen LogP contribution in [0.15, 0.2) is 54.6 Å². The fourth-order valence-corrected chi connectivity index (χ4v) is 2.79. The number of hydrogen-bond acceptors (Lipinski definition) is 7. The molecule has 12 heteroatoms. The number of carbonyl (C=O) groups is 2. The highest BCUT2D eigenvalue weighted by atomic mass is 32.2. The first-order chi connectivity index (χ1) is 14.5. The molecule has 1 N–H and O–H groups in total. The number of amides is 1. The van der Waals surface area contributed by atoms with Crippen LogP contribution in [0.5, 0.6) is 5.75 Å². The van der Waals surface area contributed by atoms with Gasteiger partial charge in [-0.15, -0.1) is 0 Å². The number of hydrogen-bond donors (Lipinski definition) is 1. The van der Waals surface area contributed by atoms with Crippen molar-refractivity contribution in [3.05, 3.63) is 65.7 Å². The molecule has 0 aromatic heterocycles. The van der Waals surface area contributed by atoms with Crippen molar-refractivity contribution >= 4 is 22.2 Å². The molecule has 0 aliphatic heterocycles. The zero-order chi connectivity index (χ0) is 23.1. The molecule has 8 nitrogen and oxygen atoms in total. The minimum atomic E-state index is -5.80. The minimum absolute atomic E-state index is 0.0275. The Hall–Kier alpha value is -3.28. The average Bonchev–Trinajstić information content (AvgIpc) is 2.72. The van der Waals surface area contributed by atoms with Gasteiger partial charge in [-0.25, -0.2) is 9.59 Å². The van der Waals surface area contributed by atoms with Gasteiger partial charge in [0.25, 0.3) is 0 Å². The van der Waals surface area contributed by atoms with Crippen LogP contribution in [0.2, 0.25) is 0 Å². The molecule has 2 rings (SSSR count). The molecule has 0 aliphatic carbocycles. The van der Waals surface area contributed by atoms with Crippen LogP contribution in [-0.2, 0) is 37.4 Å². The van der Waals surface area contributed by atoms with Crippen molar-refractivity contribution in [1.29, 1.82) is 0 Å². The summed E-state index contributed by atoms with van der Waals surface area (Å²) in [4.78, 5) is 24.0. The number of halogens is 3. The average molecular weight is 461 g/mol. The summed E-state index contributed by atoms with van der Waals surface area (Å²) < 4.78 is 72.9. The van der Waals surface area contributed by atoms with Crippen LogP contribution in [0.3, 0.4) is 0 Å². The SMILES string of the molecule is COC(=O)C(Cc1ccc(OS(=O)(=O)C(F)(F)F)cc1)NC(=O)OCc1ccccc1. The number of alkyl halides is 3. The van der Waals surface area contributed by atoms with Gasteiger partial charge in [0.1, 0.15) is 18.4 Å². The van der Waals surface area contributed by atoms with Gasteiger partial charge in [-0.05, 0) is 23.3 Å². The van der Waals surface area contributed by atoms with Gasteiger partial charge in [-0.1, -0.05) is 42.5 Å². The summed E-state index contributed by atoms with van der Waals surface area (Å²) in [6, 6.07) is 12.1. The van der Waals surface area contributed by atoms with E-state index >= 15 is 0 Å². The number of ether oxygens (including phenoxy) is 2. The fraction of sp³-hybridized carbons (Fsp3) is 0.263. The zero-order valence-corrected chi connectivity index (χ0v) is 16.9. The maximum absolute atomic E-state index is 12.4. The van der Waals surface area contributed by atoms with Crippen molar-refractivity contribution < 1.29 is 44.8 Å². The molecular weight excluding hydrogens is 443 g/mol. The van der Waals surface area contributed by atoms with Crippen LogP contribution >= 0.6 is 0 Å². The normalized spacial score (nSPS) is 12.5. The molecule has 0 saturated heterocycles. The van der Waals surface area contributed by atoms with E-state index < -0.39 is 39.5 Å². The molecule has 0 bridgehead atoms. The maximum Gasteiger partial charge on any atom is 0.534 e. The van der Waals surface area contributed by atoms with Crippen molar-refractivity contribution in [3.8, 4) is 5.75 Å². The molecule has 1 atom stereocenters. The van der Waals surface area contributed by atoms with Gasteiger partial charge in [0, 0.05) is 6.42 Å². The standard InChI is InChI=1S/C19H18F3NO7S/c1-28-17(24)16(23-18(25)29-12-14-5-3-2-4-6-14)11-13-7-9-15(10-8-13)30-31(26,27)19(20,21)22/h2-10,16H,11-12H2,1H3,(H,23,25). The van der Waals surface area contributed by atoms with Crippen molar-refractivity contribution in [3.63, 3.8) is 0 Å². The van der Waals surface area contributed by atoms with Gasteiger partial charge in [0.15, 0.2) is 0 Å². The fourth-order valence-electron chi connectivity index (χ4n) is 2.33. The van der Waals surface area contributed by atoms with Crippen molar-refractivity contribution in [2.75, 3.05) is 7.11 Å². The third-order valence-electron chi connectivity index (χ3n) is 3.84. The molecule has 0 aliphatic rings. The van der Waals surface area contributed by atoms with Crippen LogP contribution in [0, 0.1) is 0 Å². The zero-order valence-electron chi connectivity index (χ0n) is 16.1. The second kappa shape index (κ2) is 10.2. The molecule has 0 heterocycles. The van der Waals surface area contributed by atoms with E-state index in [1.165, 1.54) is 12.1 Å². The second-order valence-corrected chi connectivity index (χ2v) is 7.65. The summed E-state index contributed by atoms with van der Waals surface area (Å²) in [5.74, 6) is -1.34. The predicted octanol–water partition coefficient (Wildman–Crippen LogP) is 2.93. The lowest BCUT2D eigenvalue weighted by molar-refractivity contribution is -0.143. The Labute approximate surface area is 176 Å². The first-order valence-electron chi connectivity index (χ1n) is 8.66. The smallest absolute Gasteiger partial charge is 0.467 e. The molecule has 1 amide bonds. The number of methoxy groups -OCH3 is 1. The highest BCUT2D eigenvalue weighted by Gasteiger charge is 2.48.